The normalized spacial score (nSPS) is 16.5. The Morgan fingerprint density at radius 3 is 2.02 bits per heavy atom. The lowest BCUT2D eigenvalue weighted by Gasteiger charge is -2.30. The van der Waals surface area contributed by atoms with E-state index >= 15 is 0 Å². The minimum atomic E-state index is -4.49. The molecular formula is C36H46F6N2. The average Bonchev–Trinajstić information content (AvgIpc) is 3.11. The van der Waals surface area contributed by atoms with E-state index in [9.17, 15) is 26.3 Å². The van der Waals surface area contributed by atoms with Crippen molar-refractivity contribution < 1.29 is 26.3 Å². The summed E-state index contributed by atoms with van der Waals surface area (Å²) in [6.07, 6.45) is -1.74. The molecule has 1 heterocycles. The number of hydrogen-bond donors (Lipinski definition) is 1. The molecule has 0 bridgehead atoms. The van der Waals surface area contributed by atoms with Gasteiger partial charge in [0, 0.05) is 41.0 Å². The van der Waals surface area contributed by atoms with E-state index < -0.39 is 34.3 Å². The van der Waals surface area contributed by atoms with Crippen LogP contribution in [0, 0.1) is 11.8 Å². The van der Waals surface area contributed by atoms with E-state index in [1.165, 1.54) is 18.2 Å². The fourth-order valence-corrected chi connectivity index (χ4v) is 5.50. The first-order valence-electron chi connectivity index (χ1n) is 15.2. The number of benzene rings is 2. The van der Waals surface area contributed by atoms with Crippen molar-refractivity contribution in [3.8, 4) is 0 Å². The van der Waals surface area contributed by atoms with E-state index in [2.05, 4.69) is 44.5 Å². The zero-order valence-corrected chi connectivity index (χ0v) is 27.1. The summed E-state index contributed by atoms with van der Waals surface area (Å²) in [5.41, 5.74) is 0.963. The second-order valence-electron chi connectivity index (χ2n) is 13.6. The number of halogens is 6. The number of allylic oxidation sites excluding steroid dienone is 5. The molecule has 0 spiro atoms. The summed E-state index contributed by atoms with van der Waals surface area (Å²) in [5, 5.41) is 3.32. The SMILES string of the molecule is C=C(/C=C/C=C1/N(CCC(C)C)c2ccc(C(F)(F)F)cc2C1(C)C)C(C)(C)c1cc(C(F)(F)F)ccc1NCCC(C)C. The van der Waals surface area contributed by atoms with Gasteiger partial charge in [-0.25, -0.2) is 0 Å². The Morgan fingerprint density at radius 2 is 1.45 bits per heavy atom. The van der Waals surface area contributed by atoms with Crippen LogP contribution in [-0.4, -0.2) is 13.1 Å². The van der Waals surface area contributed by atoms with Gasteiger partial charge in [-0.1, -0.05) is 74.1 Å². The number of nitrogens with zero attached hydrogens (tertiary/aromatic N) is 1. The Hall–Kier alpha value is -3.16. The van der Waals surface area contributed by atoms with Gasteiger partial charge < -0.3 is 10.2 Å². The zero-order chi connectivity index (χ0) is 33.3. The molecule has 0 amide bonds. The van der Waals surface area contributed by atoms with Gasteiger partial charge in [0.1, 0.15) is 0 Å². The highest BCUT2D eigenvalue weighted by atomic mass is 19.4. The molecule has 44 heavy (non-hydrogen) atoms. The van der Waals surface area contributed by atoms with Crippen LogP contribution in [0.15, 0.2) is 72.5 Å². The molecule has 242 valence electrons. The lowest BCUT2D eigenvalue weighted by Crippen LogP contribution is -2.27. The van der Waals surface area contributed by atoms with Crippen LogP contribution < -0.4 is 10.2 Å². The molecule has 8 heteroatoms. The third-order valence-corrected chi connectivity index (χ3v) is 8.56. The van der Waals surface area contributed by atoms with Crippen molar-refractivity contribution in [3.63, 3.8) is 0 Å². The van der Waals surface area contributed by atoms with Crippen LogP contribution in [0.3, 0.4) is 0 Å². The second kappa shape index (κ2) is 13.1. The Bertz CT molecular complexity index is 1390. The summed E-state index contributed by atoms with van der Waals surface area (Å²) in [6, 6.07) is 7.69. The summed E-state index contributed by atoms with van der Waals surface area (Å²) < 4.78 is 82.0. The largest absolute Gasteiger partial charge is 0.416 e. The highest BCUT2D eigenvalue weighted by molar-refractivity contribution is 5.71. The number of alkyl halides is 6. The van der Waals surface area contributed by atoms with Gasteiger partial charge in [0.15, 0.2) is 0 Å². The van der Waals surface area contributed by atoms with E-state index in [0.717, 1.165) is 36.4 Å². The van der Waals surface area contributed by atoms with Crippen LogP contribution >= 0.6 is 0 Å². The van der Waals surface area contributed by atoms with Crippen LogP contribution in [-0.2, 0) is 23.2 Å². The summed E-state index contributed by atoms with van der Waals surface area (Å²) >= 11 is 0. The van der Waals surface area contributed by atoms with Gasteiger partial charge in [0.05, 0.1) is 11.1 Å². The molecule has 0 aliphatic carbocycles. The molecule has 0 saturated heterocycles. The maximum atomic E-state index is 13.7. The van der Waals surface area contributed by atoms with Crippen molar-refractivity contribution in [2.24, 2.45) is 11.8 Å². The van der Waals surface area contributed by atoms with Crippen molar-refractivity contribution in [2.45, 2.75) is 91.4 Å². The van der Waals surface area contributed by atoms with Gasteiger partial charge in [0.2, 0.25) is 0 Å². The van der Waals surface area contributed by atoms with E-state index in [1.54, 1.807) is 18.2 Å². The number of fused-ring (bicyclic) bond motifs is 1. The topological polar surface area (TPSA) is 15.3 Å². The molecule has 0 saturated carbocycles. The molecular weight excluding hydrogens is 574 g/mol. The summed E-state index contributed by atoms with van der Waals surface area (Å²) in [5.74, 6) is 0.829. The minimum absolute atomic E-state index is 0.393. The maximum Gasteiger partial charge on any atom is 0.416 e. The predicted molar refractivity (Wildman–Crippen MR) is 170 cm³/mol. The van der Waals surface area contributed by atoms with Crippen LogP contribution in [0.2, 0.25) is 0 Å². The van der Waals surface area contributed by atoms with Crippen LogP contribution in [0.5, 0.6) is 0 Å². The molecule has 0 atom stereocenters. The fourth-order valence-electron chi connectivity index (χ4n) is 5.50. The molecule has 1 aliphatic rings. The van der Waals surface area contributed by atoms with E-state index in [1.807, 2.05) is 33.8 Å². The highest BCUT2D eigenvalue weighted by Crippen LogP contribution is 2.49. The second-order valence-corrected chi connectivity index (χ2v) is 13.6. The van der Waals surface area contributed by atoms with Crippen molar-refractivity contribution in [3.05, 3.63) is 94.7 Å². The average molecular weight is 621 g/mol. The lowest BCUT2D eigenvalue weighted by atomic mass is 9.76. The Balaban J connectivity index is 2.00. The van der Waals surface area contributed by atoms with Gasteiger partial charge in [-0.05, 0) is 83.9 Å². The molecule has 0 unspecified atom stereocenters. The molecule has 0 aromatic heterocycles. The van der Waals surface area contributed by atoms with Crippen LogP contribution in [0.4, 0.5) is 37.7 Å². The van der Waals surface area contributed by atoms with Gasteiger partial charge in [-0.3, -0.25) is 0 Å². The number of rotatable bonds is 11. The first-order valence-corrected chi connectivity index (χ1v) is 15.2. The van der Waals surface area contributed by atoms with Gasteiger partial charge >= 0.3 is 12.4 Å². The highest BCUT2D eigenvalue weighted by Gasteiger charge is 2.42. The van der Waals surface area contributed by atoms with Crippen LogP contribution in [0.1, 0.15) is 90.5 Å². The minimum Gasteiger partial charge on any atom is -0.385 e. The molecule has 2 aromatic rings. The Morgan fingerprint density at radius 1 is 0.886 bits per heavy atom. The number of anilines is 2. The van der Waals surface area contributed by atoms with Crippen molar-refractivity contribution in [1.82, 2.24) is 0 Å². The van der Waals surface area contributed by atoms with E-state index in [4.69, 9.17) is 0 Å². The maximum absolute atomic E-state index is 13.7. The molecule has 2 aromatic carbocycles. The third-order valence-electron chi connectivity index (χ3n) is 8.56. The summed E-state index contributed by atoms with van der Waals surface area (Å²) in [7, 11) is 0. The van der Waals surface area contributed by atoms with Gasteiger partial charge in [0.25, 0.3) is 0 Å². The van der Waals surface area contributed by atoms with Gasteiger partial charge in [-0.2, -0.15) is 26.3 Å². The first kappa shape index (κ1) is 35.3. The van der Waals surface area contributed by atoms with Crippen molar-refractivity contribution in [1.29, 1.82) is 0 Å². The molecule has 3 rings (SSSR count). The number of hydrogen-bond acceptors (Lipinski definition) is 2. The smallest absolute Gasteiger partial charge is 0.385 e. The molecule has 2 nitrogen and oxygen atoms in total. The van der Waals surface area contributed by atoms with E-state index in [-0.39, 0.29) is 0 Å². The number of nitrogens with one attached hydrogen (secondary N) is 1. The Labute approximate surface area is 258 Å². The van der Waals surface area contributed by atoms with Crippen LogP contribution in [0.25, 0.3) is 0 Å². The first-order chi connectivity index (χ1) is 20.2. The lowest BCUT2D eigenvalue weighted by molar-refractivity contribution is -0.138. The molecule has 0 fully saturated rings. The quantitative estimate of drug-likeness (QED) is 0.199. The molecule has 1 N–H and O–H groups in total. The van der Waals surface area contributed by atoms with Gasteiger partial charge in [-0.15, -0.1) is 0 Å². The monoisotopic (exact) mass is 620 g/mol. The zero-order valence-electron chi connectivity index (χ0n) is 27.1. The molecule has 1 aliphatic heterocycles. The van der Waals surface area contributed by atoms with E-state index in [0.29, 0.717) is 47.3 Å². The third kappa shape index (κ3) is 7.91. The predicted octanol–water partition coefficient (Wildman–Crippen LogP) is 11.3. The summed E-state index contributed by atoms with van der Waals surface area (Å²) in [4.78, 5) is 2.08. The fraction of sp³-hybridized carbons (Fsp3) is 0.500. The standard InChI is InChI=1S/C36H46F6N2/c1-23(2)17-19-43-30-15-13-26(35(37,38)39)21-28(30)33(6,7)25(5)11-10-12-32-34(8,9)29-22-27(36(40,41)42)14-16-31(29)44(32)20-18-24(3)4/h10-16,21-24,43H,5,17-20H2,1-4,6-9H3/b11-10+,32-12+. The summed E-state index contributed by atoms with van der Waals surface area (Å²) in [6.45, 7) is 21.4. The van der Waals surface area contributed by atoms with Crippen molar-refractivity contribution >= 4 is 11.4 Å². The Kier molecular flexibility index (Phi) is 10.5. The molecule has 0 radical (unpaired) electrons. The van der Waals surface area contributed by atoms with Crippen molar-refractivity contribution in [2.75, 3.05) is 23.3 Å².